The van der Waals surface area contributed by atoms with E-state index in [1.165, 1.54) is 0 Å². The summed E-state index contributed by atoms with van der Waals surface area (Å²) in [4.78, 5) is 21.5. The van der Waals surface area contributed by atoms with E-state index in [1.54, 1.807) is 0 Å². The van der Waals surface area contributed by atoms with Crippen LogP contribution in [0.5, 0.6) is 5.75 Å². The van der Waals surface area contributed by atoms with Crippen molar-refractivity contribution in [1.82, 2.24) is 14.8 Å². The average Bonchev–Trinajstić information content (AvgIpc) is 3.17. The van der Waals surface area contributed by atoms with Gasteiger partial charge >= 0.3 is 0 Å². The summed E-state index contributed by atoms with van der Waals surface area (Å²) in [5, 5.41) is 0. The zero-order valence-corrected chi connectivity index (χ0v) is 16.6. The van der Waals surface area contributed by atoms with Gasteiger partial charge in [-0.1, -0.05) is 36.4 Å². The highest BCUT2D eigenvalue weighted by molar-refractivity contribution is 5.93. The zero-order valence-electron chi connectivity index (χ0n) is 16.6. The number of oxazole rings is 1. The summed E-state index contributed by atoms with van der Waals surface area (Å²) in [5.74, 6) is 1.63. The maximum atomic E-state index is 12.9. The van der Waals surface area contributed by atoms with Gasteiger partial charge in [0.1, 0.15) is 12.4 Å². The van der Waals surface area contributed by atoms with Gasteiger partial charge in [0.15, 0.2) is 0 Å². The second kappa shape index (κ2) is 8.92. The first-order chi connectivity index (χ1) is 14.2. The van der Waals surface area contributed by atoms with Crippen molar-refractivity contribution in [2.45, 2.75) is 6.92 Å². The molecule has 1 aliphatic heterocycles. The monoisotopic (exact) mass is 391 g/mol. The van der Waals surface area contributed by atoms with Crippen LogP contribution in [0.25, 0.3) is 11.5 Å². The summed E-state index contributed by atoms with van der Waals surface area (Å²) in [6, 6.07) is 19.5. The van der Waals surface area contributed by atoms with E-state index in [9.17, 15) is 4.79 Å². The lowest BCUT2D eigenvalue weighted by Gasteiger charge is -2.34. The van der Waals surface area contributed by atoms with E-state index in [-0.39, 0.29) is 5.91 Å². The maximum Gasteiger partial charge on any atom is 0.291 e. The number of nitrogens with zero attached hydrogens (tertiary/aromatic N) is 3. The van der Waals surface area contributed by atoms with Crippen molar-refractivity contribution in [3.05, 3.63) is 72.1 Å². The third-order valence-corrected chi connectivity index (χ3v) is 5.09. The van der Waals surface area contributed by atoms with Crippen molar-refractivity contribution in [3.8, 4) is 17.2 Å². The molecule has 0 N–H and O–H groups in total. The molecule has 150 valence electrons. The van der Waals surface area contributed by atoms with Crippen molar-refractivity contribution in [2.75, 3.05) is 39.3 Å². The fourth-order valence-electron chi connectivity index (χ4n) is 3.43. The molecule has 1 fully saturated rings. The van der Waals surface area contributed by atoms with E-state index < -0.39 is 0 Å². The number of rotatable bonds is 6. The van der Waals surface area contributed by atoms with Crippen LogP contribution in [-0.2, 0) is 0 Å². The molecule has 2 heterocycles. The molecule has 0 spiro atoms. The van der Waals surface area contributed by atoms with E-state index in [4.69, 9.17) is 9.15 Å². The largest absolute Gasteiger partial charge is 0.492 e. The minimum Gasteiger partial charge on any atom is -0.492 e. The molecule has 4 rings (SSSR count). The molecule has 0 radical (unpaired) electrons. The van der Waals surface area contributed by atoms with Gasteiger partial charge in [-0.05, 0) is 31.2 Å². The maximum absolute atomic E-state index is 12.9. The number of carbonyl (C=O) groups is 1. The Bertz CT molecular complexity index is 933. The van der Waals surface area contributed by atoms with Gasteiger partial charge in [-0.15, -0.1) is 0 Å². The molecule has 0 saturated carbocycles. The van der Waals surface area contributed by atoms with Crippen LogP contribution in [0, 0.1) is 6.92 Å². The Morgan fingerprint density at radius 3 is 2.34 bits per heavy atom. The van der Waals surface area contributed by atoms with Crippen LogP contribution in [0.1, 0.15) is 16.2 Å². The van der Waals surface area contributed by atoms with Crippen LogP contribution in [-0.4, -0.2) is 60.0 Å². The van der Waals surface area contributed by atoms with Crippen LogP contribution >= 0.6 is 0 Å². The third kappa shape index (κ3) is 4.66. The molecule has 1 saturated heterocycles. The van der Waals surface area contributed by atoms with Gasteiger partial charge in [-0.25, -0.2) is 4.98 Å². The van der Waals surface area contributed by atoms with Crippen LogP contribution in [0.15, 0.2) is 65.1 Å². The molecule has 0 aliphatic carbocycles. The number of aromatic nitrogens is 1. The number of amides is 1. The van der Waals surface area contributed by atoms with Crippen molar-refractivity contribution in [2.24, 2.45) is 0 Å². The first kappa shape index (κ1) is 19.2. The van der Waals surface area contributed by atoms with Crippen LogP contribution in [0.4, 0.5) is 0 Å². The Balaban J connectivity index is 1.29. The average molecular weight is 391 g/mol. The van der Waals surface area contributed by atoms with Crippen molar-refractivity contribution >= 4 is 5.91 Å². The number of ether oxygens (including phenoxy) is 1. The lowest BCUT2D eigenvalue weighted by atomic mass is 10.2. The summed E-state index contributed by atoms with van der Waals surface area (Å²) in [6.07, 6.45) is 0. The van der Waals surface area contributed by atoms with Crippen molar-refractivity contribution in [3.63, 3.8) is 0 Å². The Hall–Kier alpha value is -3.12. The normalized spacial score (nSPS) is 14.7. The molecule has 6 nitrogen and oxygen atoms in total. The van der Waals surface area contributed by atoms with Crippen LogP contribution in [0.2, 0.25) is 0 Å². The first-order valence-electron chi connectivity index (χ1n) is 9.93. The molecule has 0 unspecified atom stereocenters. The standard InChI is InChI=1S/C23H25N3O3/c1-18-21(29-22(24-18)19-8-4-2-5-9-19)23(27)26-14-12-25(13-15-26)16-17-28-20-10-6-3-7-11-20/h2-11H,12-17H2,1H3. The Morgan fingerprint density at radius 1 is 1.00 bits per heavy atom. The number of aryl methyl sites for hydroxylation is 1. The minimum atomic E-state index is -0.0858. The molecule has 6 heteroatoms. The van der Waals surface area contributed by atoms with E-state index in [0.29, 0.717) is 37.0 Å². The smallest absolute Gasteiger partial charge is 0.291 e. The molecule has 1 aromatic heterocycles. The molecule has 3 aromatic rings. The predicted octanol–water partition coefficient (Wildman–Crippen LogP) is 3.49. The van der Waals surface area contributed by atoms with Gasteiger partial charge in [0, 0.05) is 38.3 Å². The second-order valence-corrected chi connectivity index (χ2v) is 7.09. The molecule has 1 aliphatic rings. The lowest BCUT2D eigenvalue weighted by molar-refractivity contribution is 0.0590. The van der Waals surface area contributed by atoms with E-state index in [0.717, 1.165) is 30.9 Å². The van der Waals surface area contributed by atoms with Gasteiger partial charge in [0.05, 0.1) is 5.69 Å². The van der Waals surface area contributed by atoms with E-state index >= 15 is 0 Å². The van der Waals surface area contributed by atoms with Crippen molar-refractivity contribution in [1.29, 1.82) is 0 Å². The fraction of sp³-hybridized carbons (Fsp3) is 0.304. The number of piperazine rings is 1. The summed E-state index contributed by atoms with van der Waals surface area (Å²) in [6.45, 7) is 6.29. The number of para-hydroxylation sites is 1. The number of hydrogen-bond donors (Lipinski definition) is 0. The van der Waals surface area contributed by atoms with E-state index in [1.807, 2.05) is 72.5 Å². The summed E-state index contributed by atoms with van der Waals surface area (Å²) in [7, 11) is 0. The number of benzene rings is 2. The highest BCUT2D eigenvalue weighted by Crippen LogP contribution is 2.23. The highest BCUT2D eigenvalue weighted by Gasteiger charge is 2.27. The van der Waals surface area contributed by atoms with Gasteiger partial charge in [-0.2, -0.15) is 0 Å². The summed E-state index contributed by atoms with van der Waals surface area (Å²) >= 11 is 0. The molecule has 0 bridgehead atoms. The SMILES string of the molecule is Cc1nc(-c2ccccc2)oc1C(=O)N1CCN(CCOc2ccccc2)CC1. The molecule has 1 amide bonds. The molecule has 29 heavy (non-hydrogen) atoms. The van der Waals surface area contributed by atoms with Crippen molar-refractivity contribution < 1.29 is 13.9 Å². The topological polar surface area (TPSA) is 58.8 Å². The Kier molecular flexibility index (Phi) is 5.91. The fourth-order valence-corrected chi connectivity index (χ4v) is 3.43. The lowest BCUT2D eigenvalue weighted by Crippen LogP contribution is -2.49. The Morgan fingerprint density at radius 2 is 1.66 bits per heavy atom. The molecular weight excluding hydrogens is 366 g/mol. The third-order valence-electron chi connectivity index (χ3n) is 5.09. The Labute approximate surface area is 170 Å². The zero-order chi connectivity index (χ0) is 20.1. The van der Waals surface area contributed by atoms with Crippen LogP contribution < -0.4 is 4.74 Å². The molecule has 0 atom stereocenters. The van der Waals surface area contributed by atoms with E-state index in [2.05, 4.69) is 9.88 Å². The first-order valence-corrected chi connectivity index (χ1v) is 9.93. The highest BCUT2D eigenvalue weighted by atomic mass is 16.5. The summed E-state index contributed by atoms with van der Waals surface area (Å²) < 4.78 is 11.6. The van der Waals surface area contributed by atoms with Crippen LogP contribution in [0.3, 0.4) is 0 Å². The quantitative estimate of drug-likeness (QED) is 0.644. The molecular formula is C23H25N3O3. The number of carbonyl (C=O) groups excluding carboxylic acids is 1. The van der Waals surface area contributed by atoms with Gasteiger partial charge in [-0.3, -0.25) is 9.69 Å². The molecule has 2 aromatic carbocycles. The minimum absolute atomic E-state index is 0.0858. The number of hydrogen-bond acceptors (Lipinski definition) is 5. The van der Waals surface area contributed by atoms with Gasteiger partial charge < -0.3 is 14.1 Å². The summed E-state index contributed by atoms with van der Waals surface area (Å²) in [5.41, 5.74) is 1.51. The van der Waals surface area contributed by atoms with Gasteiger partial charge in [0.25, 0.3) is 5.91 Å². The predicted molar refractivity (Wildman–Crippen MR) is 111 cm³/mol. The van der Waals surface area contributed by atoms with Gasteiger partial charge in [0.2, 0.25) is 11.7 Å². The second-order valence-electron chi connectivity index (χ2n) is 7.09.